The number of likely N-dealkylation sites (N-methyl/N-ethyl adjacent to an activating group) is 1. The summed E-state index contributed by atoms with van der Waals surface area (Å²) in [6.45, 7) is 6.81. The number of nitrogens with one attached hydrogen (secondary N) is 2. The number of carbonyl (C=O) groups is 3. The number of aliphatic hydroxyl groups excluding tert-OH is 1. The first kappa shape index (κ1) is 31.3. The molecule has 1 aliphatic carbocycles. The molecule has 42 heavy (non-hydrogen) atoms. The number of amides is 4. The van der Waals surface area contributed by atoms with E-state index in [9.17, 15) is 19.5 Å². The van der Waals surface area contributed by atoms with Gasteiger partial charge in [-0.15, -0.1) is 0 Å². The van der Waals surface area contributed by atoms with E-state index in [0.717, 1.165) is 37.7 Å². The monoisotopic (exact) mass is 578 g/mol. The Labute approximate surface area is 249 Å². The molecule has 0 aromatic heterocycles. The summed E-state index contributed by atoms with van der Waals surface area (Å²) in [5.41, 5.74) is 1.92. The summed E-state index contributed by atoms with van der Waals surface area (Å²) in [5.74, 6) is 0.141. The van der Waals surface area contributed by atoms with E-state index in [0.29, 0.717) is 42.9 Å². The zero-order chi connectivity index (χ0) is 30.1. The molecule has 2 fully saturated rings. The third-order valence-electron chi connectivity index (χ3n) is 8.00. The van der Waals surface area contributed by atoms with Crippen LogP contribution in [0, 0.1) is 0 Å². The van der Waals surface area contributed by atoms with Crippen LogP contribution in [-0.4, -0.2) is 71.8 Å². The van der Waals surface area contributed by atoms with Crippen molar-refractivity contribution in [1.82, 2.24) is 15.5 Å². The van der Waals surface area contributed by atoms with Crippen molar-refractivity contribution in [2.24, 2.45) is 0 Å². The Balaban J connectivity index is 1.53. The van der Waals surface area contributed by atoms with Crippen LogP contribution in [0.1, 0.15) is 81.6 Å². The standard InChI is InChI=1S/C33H46N4O5/c1-4-36(33(41)34-26-14-9-6-10-15-26)22-30(38)29(18-24-12-7-5-8-13-24)35-32(40)25-19-27(37-17-11-16-31(37)39)21-28(20-25)42-23(2)3/h5,7-8,12-13,19-21,23,26,29-30,38H,4,6,9-11,14-18,22H2,1-3H3,(H,34,41)(H,35,40). The summed E-state index contributed by atoms with van der Waals surface area (Å²) in [5, 5.41) is 17.6. The number of rotatable bonds is 12. The Morgan fingerprint density at radius 1 is 1.07 bits per heavy atom. The normalized spacial score (nSPS) is 17.2. The molecule has 0 bridgehead atoms. The van der Waals surface area contributed by atoms with Crippen LogP contribution in [0.2, 0.25) is 0 Å². The van der Waals surface area contributed by atoms with Crippen LogP contribution in [0.25, 0.3) is 0 Å². The summed E-state index contributed by atoms with van der Waals surface area (Å²) in [6.07, 6.45) is 5.88. The molecular weight excluding hydrogens is 532 g/mol. The highest BCUT2D eigenvalue weighted by molar-refractivity contribution is 5.99. The number of anilines is 1. The predicted molar refractivity (Wildman–Crippen MR) is 164 cm³/mol. The van der Waals surface area contributed by atoms with Gasteiger partial charge in [-0.2, -0.15) is 0 Å². The van der Waals surface area contributed by atoms with Gasteiger partial charge in [0.25, 0.3) is 5.91 Å². The topological polar surface area (TPSA) is 111 Å². The van der Waals surface area contributed by atoms with Crippen molar-refractivity contribution >= 4 is 23.5 Å². The quantitative estimate of drug-likeness (QED) is 0.339. The van der Waals surface area contributed by atoms with Crippen molar-refractivity contribution in [3.05, 3.63) is 59.7 Å². The first-order valence-electron chi connectivity index (χ1n) is 15.4. The fourth-order valence-corrected chi connectivity index (χ4v) is 5.76. The highest BCUT2D eigenvalue weighted by atomic mass is 16.5. The molecule has 1 saturated heterocycles. The van der Waals surface area contributed by atoms with Gasteiger partial charge >= 0.3 is 6.03 Å². The second-order valence-electron chi connectivity index (χ2n) is 11.7. The molecular formula is C33H46N4O5. The minimum atomic E-state index is -1.01. The highest BCUT2D eigenvalue weighted by Gasteiger charge is 2.29. The highest BCUT2D eigenvalue weighted by Crippen LogP contribution is 2.28. The van der Waals surface area contributed by atoms with Gasteiger partial charge in [-0.3, -0.25) is 9.59 Å². The van der Waals surface area contributed by atoms with Gasteiger partial charge in [0.15, 0.2) is 0 Å². The summed E-state index contributed by atoms with van der Waals surface area (Å²) in [6, 6.07) is 14.1. The smallest absolute Gasteiger partial charge is 0.317 e. The summed E-state index contributed by atoms with van der Waals surface area (Å²) in [4.78, 5) is 42.6. The fraction of sp³-hybridized carbons (Fsp3) is 0.545. The second kappa shape index (κ2) is 15.0. The number of nitrogens with zero attached hydrogens (tertiary/aromatic N) is 2. The van der Waals surface area contributed by atoms with Gasteiger partial charge in [0.1, 0.15) is 5.75 Å². The van der Waals surface area contributed by atoms with E-state index >= 15 is 0 Å². The van der Waals surface area contributed by atoms with Gasteiger partial charge in [0.2, 0.25) is 5.91 Å². The van der Waals surface area contributed by atoms with Crippen LogP contribution in [0.15, 0.2) is 48.5 Å². The summed E-state index contributed by atoms with van der Waals surface area (Å²) < 4.78 is 5.93. The third-order valence-corrected chi connectivity index (χ3v) is 8.00. The molecule has 9 heteroatoms. The van der Waals surface area contributed by atoms with E-state index in [2.05, 4.69) is 10.6 Å². The van der Waals surface area contributed by atoms with Gasteiger partial charge in [-0.25, -0.2) is 4.79 Å². The van der Waals surface area contributed by atoms with Gasteiger partial charge in [0, 0.05) is 42.9 Å². The lowest BCUT2D eigenvalue weighted by atomic mass is 9.96. The molecule has 4 rings (SSSR count). The Morgan fingerprint density at radius 2 is 1.81 bits per heavy atom. The van der Waals surface area contributed by atoms with Gasteiger partial charge in [-0.05, 0) is 64.2 Å². The Kier molecular flexibility index (Phi) is 11.2. The molecule has 0 radical (unpaired) electrons. The van der Waals surface area contributed by atoms with Gasteiger partial charge < -0.3 is 30.3 Å². The Morgan fingerprint density at radius 3 is 2.45 bits per heavy atom. The maximum atomic E-state index is 13.7. The number of hydrogen-bond donors (Lipinski definition) is 3. The Hall–Kier alpha value is -3.59. The van der Waals surface area contributed by atoms with E-state index in [1.807, 2.05) is 51.1 Å². The predicted octanol–water partition coefficient (Wildman–Crippen LogP) is 4.67. The van der Waals surface area contributed by atoms with Crippen LogP contribution >= 0.6 is 0 Å². The van der Waals surface area contributed by atoms with Crippen LogP contribution in [0.4, 0.5) is 10.5 Å². The van der Waals surface area contributed by atoms with Crippen molar-refractivity contribution in [3.63, 3.8) is 0 Å². The van der Waals surface area contributed by atoms with E-state index in [4.69, 9.17) is 4.74 Å². The third kappa shape index (κ3) is 8.71. The number of urea groups is 1. The summed E-state index contributed by atoms with van der Waals surface area (Å²) >= 11 is 0. The molecule has 2 unspecified atom stereocenters. The van der Waals surface area contributed by atoms with Gasteiger partial charge in [0.05, 0.1) is 24.8 Å². The average molecular weight is 579 g/mol. The van der Waals surface area contributed by atoms with Crippen LogP contribution in [0.5, 0.6) is 5.75 Å². The number of ether oxygens (including phenoxy) is 1. The van der Waals surface area contributed by atoms with Crippen molar-refractivity contribution in [2.75, 3.05) is 24.5 Å². The molecule has 0 spiro atoms. The largest absolute Gasteiger partial charge is 0.491 e. The Bertz CT molecular complexity index is 1200. The van der Waals surface area contributed by atoms with Crippen molar-refractivity contribution in [3.8, 4) is 5.75 Å². The van der Waals surface area contributed by atoms with Crippen LogP contribution in [-0.2, 0) is 11.2 Å². The van der Waals surface area contributed by atoms with E-state index in [-0.39, 0.29) is 36.5 Å². The van der Waals surface area contributed by atoms with E-state index in [1.54, 1.807) is 28.0 Å². The van der Waals surface area contributed by atoms with E-state index < -0.39 is 12.1 Å². The molecule has 9 nitrogen and oxygen atoms in total. The molecule has 1 aliphatic heterocycles. The van der Waals surface area contributed by atoms with Crippen molar-refractivity contribution in [2.45, 2.75) is 96.4 Å². The minimum absolute atomic E-state index is 0.0200. The molecule has 228 valence electrons. The fourth-order valence-electron chi connectivity index (χ4n) is 5.76. The number of aliphatic hydroxyl groups is 1. The summed E-state index contributed by atoms with van der Waals surface area (Å²) in [7, 11) is 0. The zero-order valence-corrected chi connectivity index (χ0v) is 25.2. The van der Waals surface area contributed by atoms with E-state index in [1.165, 1.54) is 6.42 Å². The lowest BCUT2D eigenvalue weighted by Crippen LogP contribution is -2.53. The second-order valence-corrected chi connectivity index (χ2v) is 11.7. The first-order chi connectivity index (χ1) is 20.2. The number of hydrogen-bond acceptors (Lipinski definition) is 5. The number of benzene rings is 2. The van der Waals surface area contributed by atoms with Crippen molar-refractivity contribution < 1.29 is 24.2 Å². The van der Waals surface area contributed by atoms with Crippen molar-refractivity contribution in [1.29, 1.82) is 0 Å². The molecule has 4 amide bonds. The molecule has 2 aromatic carbocycles. The lowest BCUT2D eigenvalue weighted by Gasteiger charge is -2.32. The maximum absolute atomic E-state index is 13.7. The average Bonchev–Trinajstić information content (AvgIpc) is 3.41. The van der Waals surface area contributed by atoms with Crippen LogP contribution < -0.4 is 20.3 Å². The zero-order valence-electron chi connectivity index (χ0n) is 25.2. The lowest BCUT2D eigenvalue weighted by molar-refractivity contribution is -0.117. The molecule has 1 heterocycles. The molecule has 2 atom stereocenters. The first-order valence-corrected chi connectivity index (χ1v) is 15.4. The number of carbonyl (C=O) groups excluding carboxylic acids is 3. The SMILES string of the molecule is CCN(CC(O)C(Cc1ccccc1)NC(=O)c1cc(OC(C)C)cc(N2CCCC2=O)c1)C(=O)NC1CCCCC1. The molecule has 2 aliphatic rings. The molecule has 3 N–H and O–H groups in total. The maximum Gasteiger partial charge on any atom is 0.317 e. The minimum Gasteiger partial charge on any atom is -0.491 e. The van der Waals surface area contributed by atoms with Gasteiger partial charge in [-0.1, -0.05) is 49.6 Å². The molecule has 1 saturated carbocycles. The van der Waals surface area contributed by atoms with Crippen LogP contribution in [0.3, 0.4) is 0 Å². The molecule has 2 aromatic rings.